The van der Waals surface area contributed by atoms with E-state index in [1.54, 1.807) is 6.92 Å². The van der Waals surface area contributed by atoms with Crippen LogP contribution in [0.1, 0.15) is 6.92 Å². The quantitative estimate of drug-likeness (QED) is 0.391. The number of ether oxygens (including phenoxy) is 1. The molecule has 7 nitrogen and oxygen atoms in total. The molecule has 0 heterocycles. The molecule has 0 bridgehead atoms. The predicted octanol–water partition coefficient (Wildman–Crippen LogP) is 1.75. The lowest BCUT2D eigenvalue weighted by molar-refractivity contribution is -0.384. The van der Waals surface area contributed by atoms with Gasteiger partial charge in [-0.15, -0.1) is 0 Å². The molecule has 1 aromatic carbocycles. The topological polar surface area (TPSA) is 98.5 Å². The Bertz CT molecular complexity index is 503. The summed E-state index contributed by atoms with van der Waals surface area (Å²) in [6.45, 7) is 1.62. The number of nitro groups is 1. The molecule has 18 heavy (non-hydrogen) atoms. The largest absolute Gasteiger partial charge is 0.459 e. The summed E-state index contributed by atoms with van der Waals surface area (Å²) >= 11 is 5.59. The van der Waals surface area contributed by atoms with Gasteiger partial charge in [0.25, 0.3) is 5.69 Å². The molecule has 8 heteroatoms. The third-order valence-electron chi connectivity index (χ3n) is 1.86. The van der Waals surface area contributed by atoms with Gasteiger partial charge in [0.1, 0.15) is 5.02 Å². The Labute approximate surface area is 107 Å². The highest BCUT2D eigenvalue weighted by Crippen LogP contribution is 2.27. The fourth-order valence-electron chi connectivity index (χ4n) is 1.11. The molecule has 0 aliphatic carbocycles. The number of rotatable bonds is 3. The molecule has 0 saturated carbocycles. The fraction of sp³-hybridized carbons (Fsp3) is 0.200. The Morgan fingerprint density at radius 2 is 2.17 bits per heavy atom. The Hall–Kier alpha value is -2.15. The van der Waals surface area contributed by atoms with E-state index in [9.17, 15) is 19.7 Å². The summed E-state index contributed by atoms with van der Waals surface area (Å²) < 4.78 is 4.47. The monoisotopic (exact) mass is 272 g/mol. The first-order valence-electron chi connectivity index (χ1n) is 4.87. The summed E-state index contributed by atoms with van der Waals surface area (Å²) in [6.07, 6.45) is 0. The fourth-order valence-corrected chi connectivity index (χ4v) is 1.30. The second kappa shape index (κ2) is 5.97. The van der Waals surface area contributed by atoms with Crippen LogP contribution in [0.5, 0.6) is 0 Å². The Morgan fingerprint density at radius 3 is 2.72 bits per heavy atom. The maximum absolute atomic E-state index is 11.3. The summed E-state index contributed by atoms with van der Waals surface area (Å²) in [5.74, 6) is -2.07. The van der Waals surface area contributed by atoms with Gasteiger partial charge in [-0.05, 0) is 19.1 Å². The highest BCUT2D eigenvalue weighted by atomic mass is 35.5. The van der Waals surface area contributed by atoms with Crippen molar-refractivity contribution in [2.24, 2.45) is 0 Å². The van der Waals surface area contributed by atoms with Gasteiger partial charge in [-0.3, -0.25) is 14.9 Å². The van der Waals surface area contributed by atoms with Crippen LogP contribution in [0.3, 0.4) is 0 Å². The molecule has 0 fully saturated rings. The first-order chi connectivity index (χ1) is 8.45. The molecule has 0 aliphatic heterocycles. The maximum Gasteiger partial charge on any atom is 0.397 e. The van der Waals surface area contributed by atoms with Crippen LogP contribution in [-0.2, 0) is 14.3 Å². The van der Waals surface area contributed by atoms with E-state index < -0.39 is 16.8 Å². The number of carbonyl (C=O) groups is 2. The molecule has 96 valence electrons. The number of nitro benzene ring substituents is 1. The number of anilines is 1. The Morgan fingerprint density at radius 1 is 1.50 bits per heavy atom. The van der Waals surface area contributed by atoms with E-state index in [-0.39, 0.29) is 23.0 Å². The lowest BCUT2D eigenvalue weighted by Gasteiger charge is -2.04. The molecule has 1 amide bonds. The van der Waals surface area contributed by atoms with E-state index in [2.05, 4.69) is 10.1 Å². The number of benzene rings is 1. The van der Waals surface area contributed by atoms with Gasteiger partial charge in [-0.1, -0.05) is 11.6 Å². The maximum atomic E-state index is 11.3. The zero-order chi connectivity index (χ0) is 13.7. The van der Waals surface area contributed by atoms with Gasteiger partial charge < -0.3 is 10.1 Å². The van der Waals surface area contributed by atoms with Crippen molar-refractivity contribution in [3.05, 3.63) is 33.3 Å². The highest BCUT2D eigenvalue weighted by molar-refractivity contribution is 6.37. The number of esters is 1. The number of nitrogens with zero attached hydrogens (tertiary/aromatic N) is 1. The number of hydrogen-bond acceptors (Lipinski definition) is 5. The molecular formula is C10H9ClN2O5. The van der Waals surface area contributed by atoms with Crippen molar-refractivity contribution in [2.45, 2.75) is 6.92 Å². The molecular weight excluding hydrogens is 264 g/mol. The smallest absolute Gasteiger partial charge is 0.397 e. The van der Waals surface area contributed by atoms with Gasteiger partial charge in [0.15, 0.2) is 0 Å². The van der Waals surface area contributed by atoms with Gasteiger partial charge >= 0.3 is 11.9 Å². The normalized spacial score (nSPS) is 9.67. The first kappa shape index (κ1) is 13.9. The first-order valence-corrected chi connectivity index (χ1v) is 5.25. The van der Waals surface area contributed by atoms with E-state index in [4.69, 9.17) is 11.6 Å². The molecule has 0 unspecified atom stereocenters. The third-order valence-corrected chi connectivity index (χ3v) is 2.18. The SMILES string of the molecule is CCOC(=O)C(=O)Nc1ccc(Cl)c([N+](=O)[O-])c1. The van der Waals surface area contributed by atoms with Crippen molar-refractivity contribution in [2.75, 3.05) is 11.9 Å². The van der Waals surface area contributed by atoms with Crippen molar-refractivity contribution in [3.63, 3.8) is 0 Å². The van der Waals surface area contributed by atoms with Crippen molar-refractivity contribution in [1.29, 1.82) is 0 Å². The zero-order valence-electron chi connectivity index (χ0n) is 9.31. The molecule has 1 N–H and O–H groups in total. The average molecular weight is 273 g/mol. The number of hydrogen-bond donors (Lipinski definition) is 1. The molecule has 0 atom stereocenters. The van der Waals surface area contributed by atoms with Gasteiger partial charge in [-0.2, -0.15) is 0 Å². The van der Waals surface area contributed by atoms with Gasteiger partial charge in [0.05, 0.1) is 11.5 Å². The number of nitrogens with one attached hydrogen (secondary N) is 1. The Balaban J connectivity index is 2.86. The van der Waals surface area contributed by atoms with E-state index in [0.29, 0.717) is 0 Å². The van der Waals surface area contributed by atoms with E-state index >= 15 is 0 Å². The van der Waals surface area contributed by atoms with Crippen LogP contribution < -0.4 is 5.32 Å². The predicted molar refractivity (Wildman–Crippen MR) is 63.4 cm³/mol. The van der Waals surface area contributed by atoms with Crippen molar-refractivity contribution >= 4 is 34.9 Å². The molecule has 0 aromatic heterocycles. The molecule has 0 aliphatic rings. The van der Waals surface area contributed by atoms with Gasteiger partial charge in [0.2, 0.25) is 0 Å². The standard InChI is InChI=1S/C10H9ClN2O5/c1-2-18-10(15)9(14)12-6-3-4-7(11)8(5-6)13(16)17/h3-5H,2H2,1H3,(H,12,14). The molecule has 1 aromatic rings. The van der Waals surface area contributed by atoms with Crippen LogP contribution >= 0.6 is 11.6 Å². The lowest BCUT2D eigenvalue weighted by Crippen LogP contribution is -2.24. The number of amides is 1. The van der Waals surface area contributed by atoms with E-state index in [0.717, 1.165) is 6.07 Å². The van der Waals surface area contributed by atoms with Crippen LogP contribution in [0, 0.1) is 10.1 Å². The van der Waals surface area contributed by atoms with Crippen molar-refractivity contribution in [3.8, 4) is 0 Å². The van der Waals surface area contributed by atoms with Crippen LogP contribution in [0.2, 0.25) is 5.02 Å². The Kier molecular flexibility index (Phi) is 4.61. The van der Waals surface area contributed by atoms with Crippen molar-refractivity contribution in [1.82, 2.24) is 0 Å². The summed E-state index contributed by atoms with van der Waals surface area (Å²) in [6, 6.07) is 3.65. The minimum atomic E-state index is -1.06. The summed E-state index contributed by atoms with van der Waals surface area (Å²) in [4.78, 5) is 32.2. The van der Waals surface area contributed by atoms with E-state index in [1.165, 1.54) is 12.1 Å². The third kappa shape index (κ3) is 3.42. The average Bonchev–Trinajstić information content (AvgIpc) is 2.31. The number of halogens is 1. The molecule has 0 radical (unpaired) electrons. The van der Waals surface area contributed by atoms with Gasteiger partial charge in [0, 0.05) is 11.8 Å². The van der Waals surface area contributed by atoms with Crippen LogP contribution in [0.15, 0.2) is 18.2 Å². The minimum Gasteiger partial charge on any atom is -0.459 e. The summed E-state index contributed by atoms with van der Waals surface area (Å²) in [7, 11) is 0. The molecule has 1 rings (SSSR count). The van der Waals surface area contributed by atoms with Gasteiger partial charge in [-0.25, -0.2) is 4.79 Å². The second-order valence-electron chi connectivity index (χ2n) is 3.10. The van der Waals surface area contributed by atoms with E-state index in [1.807, 2.05) is 0 Å². The molecule has 0 spiro atoms. The van der Waals surface area contributed by atoms with Crippen LogP contribution in [0.4, 0.5) is 11.4 Å². The summed E-state index contributed by atoms with van der Waals surface area (Å²) in [5, 5.41) is 12.7. The minimum absolute atomic E-state index is 0.0610. The van der Waals surface area contributed by atoms with Crippen LogP contribution in [-0.4, -0.2) is 23.4 Å². The van der Waals surface area contributed by atoms with Crippen molar-refractivity contribution < 1.29 is 19.2 Å². The molecule has 0 saturated heterocycles. The lowest BCUT2D eigenvalue weighted by atomic mass is 10.3. The zero-order valence-corrected chi connectivity index (χ0v) is 10.1. The highest BCUT2D eigenvalue weighted by Gasteiger charge is 2.18. The second-order valence-corrected chi connectivity index (χ2v) is 3.51. The van der Waals surface area contributed by atoms with Crippen LogP contribution in [0.25, 0.3) is 0 Å². The summed E-state index contributed by atoms with van der Waals surface area (Å²) in [5.41, 5.74) is -0.275. The number of carbonyl (C=O) groups excluding carboxylic acids is 2.